The van der Waals surface area contributed by atoms with Gasteiger partial charge in [-0.15, -0.1) is 36.2 Å². The van der Waals surface area contributed by atoms with Crippen LogP contribution in [0, 0.1) is 0 Å². The summed E-state index contributed by atoms with van der Waals surface area (Å²) in [7, 11) is 0. The van der Waals surface area contributed by atoms with E-state index in [1.807, 2.05) is 31.4 Å². The Hall–Kier alpha value is -1.14. The van der Waals surface area contributed by atoms with Gasteiger partial charge in [-0.05, 0) is 31.0 Å². The van der Waals surface area contributed by atoms with Gasteiger partial charge < -0.3 is 11.1 Å². The molecule has 1 aromatic carbocycles. The molecule has 1 heterocycles. The van der Waals surface area contributed by atoms with Crippen LogP contribution in [0.1, 0.15) is 41.2 Å². The summed E-state index contributed by atoms with van der Waals surface area (Å²) in [4.78, 5) is 16.7. The lowest BCUT2D eigenvalue weighted by molar-refractivity contribution is 0.0902. The predicted molar refractivity (Wildman–Crippen MR) is 96.1 cm³/mol. The maximum absolute atomic E-state index is 12.3. The molecule has 0 bridgehead atoms. The van der Waals surface area contributed by atoms with E-state index in [0.29, 0.717) is 12.1 Å². The molecule has 7 heteroatoms. The van der Waals surface area contributed by atoms with Crippen molar-refractivity contribution >= 4 is 42.1 Å². The number of nitrogens with two attached hydrogens (primary N) is 1. The first-order valence-electron chi connectivity index (χ1n) is 6.60. The van der Waals surface area contributed by atoms with Crippen molar-refractivity contribution in [1.82, 2.24) is 10.3 Å². The number of carbonyl (C=O) groups excluding carboxylic acids is 1. The molecule has 0 saturated carbocycles. The zero-order valence-electron chi connectivity index (χ0n) is 12.5. The number of rotatable bonds is 5. The minimum atomic E-state index is -0.433. The Morgan fingerprint density at radius 3 is 2.41 bits per heavy atom. The summed E-state index contributed by atoms with van der Waals surface area (Å²) in [5.41, 5.74) is 6.77. The quantitative estimate of drug-likeness (QED) is 0.855. The first-order valence-corrected chi connectivity index (χ1v) is 7.48. The maximum Gasteiger partial charge on any atom is 0.252 e. The van der Waals surface area contributed by atoms with Crippen LogP contribution in [-0.4, -0.2) is 10.9 Å². The van der Waals surface area contributed by atoms with Crippen LogP contribution >= 0.6 is 36.2 Å². The molecule has 0 aliphatic heterocycles. The molecule has 122 valence electrons. The smallest absolute Gasteiger partial charge is 0.252 e. The third kappa shape index (κ3) is 4.68. The fourth-order valence-corrected chi connectivity index (χ4v) is 2.73. The zero-order chi connectivity index (χ0) is 14.6. The van der Waals surface area contributed by atoms with E-state index in [0.717, 1.165) is 17.0 Å². The third-order valence-electron chi connectivity index (χ3n) is 3.45. The van der Waals surface area contributed by atoms with Crippen molar-refractivity contribution in [2.45, 2.75) is 32.4 Å². The first kappa shape index (κ1) is 20.9. The molecule has 0 aliphatic rings. The largest absolute Gasteiger partial charge is 0.340 e. The second-order valence-corrected chi connectivity index (χ2v) is 5.77. The number of aromatic nitrogens is 1. The lowest BCUT2D eigenvalue weighted by Gasteiger charge is -2.27. The molecule has 0 fully saturated rings. The summed E-state index contributed by atoms with van der Waals surface area (Å²) in [6.45, 7) is 4.52. The lowest BCUT2D eigenvalue weighted by atomic mass is 9.99. The summed E-state index contributed by atoms with van der Waals surface area (Å²) in [6, 6.07) is 7.36. The van der Waals surface area contributed by atoms with Crippen LogP contribution < -0.4 is 11.1 Å². The number of carbonyl (C=O) groups is 1. The van der Waals surface area contributed by atoms with Crippen molar-refractivity contribution in [2.24, 2.45) is 5.73 Å². The van der Waals surface area contributed by atoms with Crippen LogP contribution in [0.15, 0.2) is 35.8 Å². The highest BCUT2D eigenvalue weighted by Gasteiger charge is 2.29. The van der Waals surface area contributed by atoms with Gasteiger partial charge in [0, 0.05) is 23.7 Å². The maximum atomic E-state index is 12.3. The van der Waals surface area contributed by atoms with Gasteiger partial charge in [-0.25, -0.2) is 4.98 Å². The minimum absolute atomic E-state index is 0. The summed E-state index contributed by atoms with van der Waals surface area (Å²) in [6.07, 6.45) is 2.54. The fraction of sp³-hybridized carbons (Fsp3) is 0.333. The number of amides is 1. The highest BCUT2D eigenvalue weighted by atomic mass is 35.5. The molecular weight excluding hydrogens is 341 g/mol. The normalized spacial score (nSPS) is 12.5. The molecular formula is C15H21Cl2N3OS. The van der Waals surface area contributed by atoms with Crippen molar-refractivity contribution in [1.29, 1.82) is 0 Å². The van der Waals surface area contributed by atoms with E-state index in [2.05, 4.69) is 10.3 Å². The lowest BCUT2D eigenvalue weighted by Crippen LogP contribution is -2.43. The number of hydrogen-bond donors (Lipinski definition) is 2. The second-order valence-electron chi connectivity index (χ2n) is 4.88. The topological polar surface area (TPSA) is 68.0 Å². The van der Waals surface area contributed by atoms with Gasteiger partial charge in [0.25, 0.3) is 5.91 Å². The van der Waals surface area contributed by atoms with Crippen LogP contribution in [0.3, 0.4) is 0 Å². The van der Waals surface area contributed by atoms with Gasteiger partial charge in [0.2, 0.25) is 0 Å². The molecule has 2 rings (SSSR count). The van der Waals surface area contributed by atoms with Crippen LogP contribution in [0.4, 0.5) is 0 Å². The van der Waals surface area contributed by atoms with Crippen LogP contribution in [-0.2, 0) is 12.1 Å². The molecule has 2 aromatic rings. The van der Waals surface area contributed by atoms with Gasteiger partial charge in [0.15, 0.2) is 0 Å². The zero-order valence-corrected chi connectivity index (χ0v) is 15.0. The molecule has 3 N–H and O–H groups in total. The molecule has 22 heavy (non-hydrogen) atoms. The second kappa shape index (κ2) is 9.10. The monoisotopic (exact) mass is 361 g/mol. The van der Waals surface area contributed by atoms with Crippen LogP contribution in [0.25, 0.3) is 0 Å². The van der Waals surface area contributed by atoms with Gasteiger partial charge >= 0.3 is 0 Å². The van der Waals surface area contributed by atoms with Crippen molar-refractivity contribution < 1.29 is 4.79 Å². The fourth-order valence-electron chi connectivity index (χ4n) is 1.90. The number of nitrogens with zero attached hydrogens (tertiary/aromatic N) is 1. The van der Waals surface area contributed by atoms with E-state index in [9.17, 15) is 4.79 Å². The van der Waals surface area contributed by atoms with E-state index in [1.165, 1.54) is 0 Å². The number of thiazole rings is 1. The van der Waals surface area contributed by atoms with Crippen molar-refractivity contribution in [2.75, 3.05) is 0 Å². The van der Waals surface area contributed by atoms with Gasteiger partial charge in [-0.1, -0.05) is 19.1 Å². The first-order chi connectivity index (χ1) is 9.59. The Labute approximate surface area is 147 Å². The third-order valence-corrected chi connectivity index (χ3v) is 4.49. The van der Waals surface area contributed by atoms with E-state index in [-0.39, 0.29) is 30.7 Å². The van der Waals surface area contributed by atoms with E-state index in [1.54, 1.807) is 29.7 Å². The van der Waals surface area contributed by atoms with Crippen molar-refractivity contribution in [3.63, 3.8) is 0 Å². The Bertz CT molecular complexity index is 575. The summed E-state index contributed by atoms with van der Waals surface area (Å²) in [5.74, 6) is -0.0897. The van der Waals surface area contributed by atoms with Crippen LogP contribution in [0.5, 0.6) is 0 Å². The Balaban J connectivity index is 0.00000220. The summed E-state index contributed by atoms with van der Waals surface area (Å²) in [5, 5.41) is 5.92. The Morgan fingerprint density at radius 2 is 1.95 bits per heavy atom. The molecule has 0 saturated heterocycles. The molecule has 1 unspecified atom stereocenters. The predicted octanol–water partition coefficient (Wildman–Crippen LogP) is 3.50. The highest BCUT2D eigenvalue weighted by Crippen LogP contribution is 2.26. The standard InChI is InChI=1S/C15H19N3OS.2ClH/c1-3-15(2,14-17-8-9-20-14)18-13(19)12-6-4-11(10-16)5-7-12;;/h4-9H,3,10,16H2,1-2H3,(H,18,19);2*1H. The molecule has 0 spiro atoms. The average molecular weight is 362 g/mol. The number of benzene rings is 1. The van der Waals surface area contributed by atoms with Gasteiger partial charge in [-0.2, -0.15) is 0 Å². The molecule has 1 atom stereocenters. The molecule has 4 nitrogen and oxygen atoms in total. The number of nitrogens with one attached hydrogen (secondary N) is 1. The summed E-state index contributed by atoms with van der Waals surface area (Å²) >= 11 is 1.56. The van der Waals surface area contributed by atoms with Crippen LogP contribution in [0.2, 0.25) is 0 Å². The Morgan fingerprint density at radius 1 is 1.32 bits per heavy atom. The minimum Gasteiger partial charge on any atom is -0.340 e. The molecule has 1 amide bonds. The number of halogens is 2. The highest BCUT2D eigenvalue weighted by molar-refractivity contribution is 7.09. The average Bonchev–Trinajstić information content (AvgIpc) is 3.02. The van der Waals surface area contributed by atoms with E-state index in [4.69, 9.17) is 5.73 Å². The van der Waals surface area contributed by atoms with Gasteiger partial charge in [0.1, 0.15) is 5.01 Å². The SMILES string of the molecule is CCC(C)(NC(=O)c1ccc(CN)cc1)c1nccs1.Cl.Cl. The van der Waals surface area contributed by atoms with Crippen molar-refractivity contribution in [3.05, 3.63) is 52.0 Å². The summed E-state index contributed by atoms with van der Waals surface area (Å²) < 4.78 is 0. The molecule has 0 aliphatic carbocycles. The Kier molecular flexibility index (Phi) is 8.63. The van der Waals surface area contributed by atoms with E-state index < -0.39 is 5.54 Å². The van der Waals surface area contributed by atoms with Gasteiger partial charge in [0.05, 0.1) is 5.54 Å². The van der Waals surface area contributed by atoms with E-state index >= 15 is 0 Å². The van der Waals surface area contributed by atoms with Gasteiger partial charge in [-0.3, -0.25) is 4.79 Å². The molecule has 0 radical (unpaired) electrons. The van der Waals surface area contributed by atoms with Crippen molar-refractivity contribution in [3.8, 4) is 0 Å². The molecule has 1 aromatic heterocycles. The number of hydrogen-bond acceptors (Lipinski definition) is 4.